The molecule has 150 valence electrons. The molecule has 26 heavy (non-hydrogen) atoms. The Balaban J connectivity index is 3.62. The van der Waals surface area contributed by atoms with Crippen LogP contribution in [0, 0.1) is 0 Å². The van der Waals surface area contributed by atoms with E-state index in [1.54, 1.807) is 0 Å². The van der Waals surface area contributed by atoms with E-state index in [9.17, 15) is 39.5 Å². The summed E-state index contributed by atoms with van der Waals surface area (Å²) in [7, 11) is 1.23. The van der Waals surface area contributed by atoms with Crippen molar-refractivity contribution in [2.45, 2.75) is 38.5 Å². The Morgan fingerprint density at radius 3 is 1.46 bits per heavy atom. The van der Waals surface area contributed by atoms with E-state index in [-0.39, 0.29) is 18.6 Å². The zero-order valence-corrected chi connectivity index (χ0v) is 13.1. The van der Waals surface area contributed by atoms with Gasteiger partial charge in [0, 0.05) is 18.2 Å². The summed E-state index contributed by atoms with van der Waals surface area (Å²) >= 11 is 0. The molecular weight excluding hydrogens is 389 g/mol. The lowest BCUT2D eigenvalue weighted by Gasteiger charge is -2.24. The van der Waals surface area contributed by atoms with E-state index >= 15 is 0 Å². The van der Waals surface area contributed by atoms with Gasteiger partial charge >= 0.3 is 19.1 Å². The van der Waals surface area contributed by atoms with E-state index in [0.29, 0.717) is 0 Å². The molecule has 1 atom stereocenters. The maximum atomic E-state index is 12.6. The molecule has 0 spiro atoms. The molecule has 1 aromatic carbocycles. The minimum atomic E-state index is -5.38. The minimum Gasteiger partial charge on any atom is -0.406 e. The van der Waals surface area contributed by atoms with Gasteiger partial charge in [-0.2, -0.15) is 0 Å². The Morgan fingerprint density at radius 1 is 0.808 bits per heavy atom. The first-order valence-electron chi connectivity index (χ1n) is 6.77. The molecule has 0 fully saturated rings. The molecule has 0 bridgehead atoms. The van der Waals surface area contributed by atoms with Crippen LogP contribution < -0.4 is 19.5 Å². The van der Waals surface area contributed by atoms with E-state index in [1.807, 2.05) is 0 Å². The fourth-order valence-corrected chi connectivity index (χ4v) is 2.08. The Hall–Kier alpha value is -2.05. The van der Waals surface area contributed by atoms with Crippen molar-refractivity contribution in [3.8, 4) is 17.2 Å². The highest BCUT2D eigenvalue weighted by atomic mass is 19.4. The average Bonchev–Trinajstić information content (AvgIpc) is 2.37. The highest BCUT2D eigenvalue weighted by Gasteiger charge is 2.39. The topological polar surface area (TPSA) is 39.7 Å². The summed E-state index contributed by atoms with van der Waals surface area (Å²) in [6, 6.07) is -0.788. The predicted octanol–water partition coefficient (Wildman–Crippen LogP) is 5.05. The third kappa shape index (κ3) is 7.06. The summed E-state index contributed by atoms with van der Waals surface area (Å²) in [6.45, 7) is 1.41. The highest BCUT2D eigenvalue weighted by Crippen LogP contribution is 2.44. The molecule has 1 unspecified atom stereocenters. The van der Waals surface area contributed by atoms with E-state index in [1.165, 1.54) is 14.0 Å². The molecule has 0 amide bonds. The molecule has 0 heterocycles. The van der Waals surface area contributed by atoms with Gasteiger partial charge in [-0.15, -0.1) is 39.5 Å². The smallest absolute Gasteiger partial charge is 0.406 e. The maximum Gasteiger partial charge on any atom is 0.573 e. The fourth-order valence-electron chi connectivity index (χ4n) is 2.08. The lowest BCUT2D eigenvalue weighted by atomic mass is 10.0. The van der Waals surface area contributed by atoms with Crippen molar-refractivity contribution in [3.05, 3.63) is 17.7 Å². The summed E-state index contributed by atoms with van der Waals surface area (Å²) in [5.41, 5.74) is -0.765. The number of nitrogens with one attached hydrogen (secondary N) is 1. The van der Waals surface area contributed by atoms with Crippen molar-refractivity contribution in [2.75, 3.05) is 7.05 Å². The summed E-state index contributed by atoms with van der Waals surface area (Å²) in [5.74, 6) is -4.01. The van der Waals surface area contributed by atoms with E-state index < -0.39 is 47.9 Å². The van der Waals surface area contributed by atoms with Crippen LogP contribution in [0.3, 0.4) is 0 Å². The Bertz CT molecular complexity index is 569. The number of alkyl halides is 9. The van der Waals surface area contributed by atoms with Crippen LogP contribution in [0.5, 0.6) is 17.2 Å². The quantitative estimate of drug-likeness (QED) is 0.677. The van der Waals surface area contributed by atoms with Gasteiger partial charge in [0.15, 0.2) is 0 Å². The van der Waals surface area contributed by atoms with Crippen molar-refractivity contribution < 1.29 is 53.7 Å². The van der Waals surface area contributed by atoms with Crippen molar-refractivity contribution in [2.24, 2.45) is 0 Å². The van der Waals surface area contributed by atoms with Gasteiger partial charge in [0.25, 0.3) is 0 Å². The SMILES string of the molecule is CCC(NC)c1c(OC(F)(F)F)cc(OC(F)(F)F)cc1OC(F)(F)F. The zero-order valence-electron chi connectivity index (χ0n) is 13.1. The molecule has 1 N–H and O–H groups in total. The molecule has 0 aromatic heterocycles. The molecule has 0 aliphatic carbocycles. The monoisotopic (exact) mass is 401 g/mol. The van der Waals surface area contributed by atoms with Crippen LogP contribution in [0.25, 0.3) is 0 Å². The molecule has 0 saturated carbocycles. The Labute approximate surface area is 140 Å². The van der Waals surface area contributed by atoms with E-state index in [2.05, 4.69) is 19.5 Å². The number of benzene rings is 1. The van der Waals surface area contributed by atoms with Gasteiger partial charge in [-0.05, 0) is 13.5 Å². The summed E-state index contributed by atoms with van der Waals surface area (Å²) < 4.78 is 123. The normalized spacial score (nSPS) is 14.1. The second-order valence-electron chi connectivity index (χ2n) is 4.73. The van der Waals surface area contributed by atoms with Crippen LogP contribution in [-0.4, -0.2) is 26.1 Å². The summed E-state index contributed by atoms with van der Waals surface area (Å²) in [4.78, 5) is 0. The predicted molar refractivity (Wildman–Crippen MR) is 68.6 cm³/mol. The van der Waals surface area contributed by atoms with Gasteiger partial charge in [-0.3, -0.25) is 0 Å². The third-order valence-electron chi connectivity index (χ3n) is 2.87. The standard InChI is InChI=1S/C13H12F9NO3/c1-3-7(23-2)10-8(25-12(17,18)19)4-6(24-11(14,15)16)5-9(10)26-13(20,21)22/h4-5,7,23H,3H2,1-2H3. The van der Waals surface area contributed by atoms with Crippen molar-refractivity contribution in [3.63, 3.8) is 0 Å². The van der Waals surface area contributed by atoms with Crippen LogP contribution in [0.1, 0.15) is 24.9 Å². The molecule has 0 saturated heterocycles. The molecule has 13 heteroatoms. The van der Waals surface area contributed by atoms with Crippen LogP contribution in [0.4, 0.5) is 39.5 Å². The number of hydrogen-bond donors (Lipinski definition) is 1. The molecule has 0 radical (unpaired) electrons. The second kappa shape index (κ2) is 7.68. The lowest BCUT2D eigenvalue weighted by Crippen LogP contribution is -2.25. The molecule has 0 aliphatic heterocycles. The zero-order chi connectivity index (χ0) is 20.3. The largest absolute Gasteiger partial charge is 0.573 e. The fraction of sp³-hybridized carbons (Fsp3) is 0.538. The molecule has 1 aromatic rings. The second-order valence-corrected chi connectivity index (χ2v) is 4.73. The molecule has 0 aliphatic rings. The van der Waals surface area contributed by atoms with Crippen molar-refractivity contribution in [1.29, 1.82) is 0 Å². The average molecular weight is 401 g/mol. The number of hydrogen-bond acceptors (Lipinski definition) is 4. The Kier molecular flexibility index (Phi) is 6.49. The highest BCUT2D eigenvalue weighted by molar-refractivity contribution is 5.52. The van der Waals surface area contributed by atoms with Gasteiger partial charge in [-0.1, -0.05) is 6.92 Å². The third-order valence-corrected chi connectivity index (χ3v) is 2.87. The van der Waals surface area contributed by atoms with Crippen LogP contribution >= 0.6 is 0 Å². The van der Waals surface area contributed by atoms with Crippen molar-refractivity contribution >= 4 is 0 Å². The molecule has 4 nitrogen and oxygen atoms in total. The molecular formula is C13H12F9NO3. The lowest BCUT2D eigenvalue weighted by molar-refractivity contribution is -0.278. The number of halogens is 9. The summed E-state index contributed by atoms with van der Waals surface area (Å²) in [5, 5.41) is 2.43. The Morgan fingerprint density at radius 2 is 1.19 bits per heavy atom. The van der Waals surface area contributed by atoms with E-state index in [0.717, 1.165) is 0 Å². The number of ether oxygens (including phenoxy) is 3. The van der Waals surface area contributed by atoms with Gasteiger partial charge in [0.2, 0.25) is 0 Å². The van der Waals surface area contributed by atoms with Crippen LogP contribution in [0.15, 0.2) is 12.1 Å². The van der Waals surface area contributed by atoms with Crippen LogP contribution in [0.2, 0.25) is 0 Å². The first kappa shape index (κ1) is 22.0. The van der Waals surface area contributed by atoms with Gasteiger partial charge in [0.05, 0.1) is 5.56 Å². The van der Waals surface area contributed by atoms with Gasteiger partial charge in [-0.25, -0.2) is 0 Å². The minimum absolute atomic E-state index is 0.0294. The first-order valence-corrected chi connectivity index (χ1v) is 6.77. The maximum absolute atomic E-state index is 12.6. The molecule has 1 rings (SSSR count). The van der Waals surface area contributed by atoms with Crippen molar-refractivity contribution in [1.82, 2.24) is 5.32 Å². The van der Waals surface area contributed by atoms with Gasteiger partial charge < -0.3 is 19.5 Å². The van der Waals surface area contributed by atoms with Crippen LogP contribution in [-0.2, 0) is 0 Å². The van der Waals surface area contributed by atoms with Gasteiger partial charge in [0.1, 0.15) is 17.2 Å². The number of rotatable bonds is 6. The first-order chi connectivity index (χ1) is 11.6. The summed E-state index contributed by atoms with van der Waals surface area (Å²) in [6.07, 6.45) is -16.2. The van der Waals surface area contributed by atoms with E-state index in [4.69, 9.17) is 0 Å².